The molecule has 0 aliphatic carbocycles. The van der Waals surface area contributed by atoms with Gasteiger partial charge in [-0.1, -0.05) is 18.2 Å². The molecule has 2 N–H and O–H groups in total. The molecule has 88 valence electrons. The van der Waals surface area contributed by atoms with Gasteiger partial charge in [-0.05, 0) is 30.7 Å². The van der Waals surface area contributed by atoms with Gasteiger partial charge in [0.25, 0.3) is 0 Å². The third-order valence-corrected chi connectivity index (χ3v) is 4.04. The first-order valence-corrected chi connectivity index (χ1v) is 7.11. The zero-order chi connectivity index (χ0) is 11.4. The fraction of sp³-hybridized carbons (Fsp3) is 0.538. The molecular formula is C13H20N2S. The lowest BCUT2D eigenvalue weighted by atomic mass is 10.1. The van der Waals surface area contributed by atoms with Crippen LogP contribution in [0.4, 0.5) is 5.69 Å². The van der Waals surface area contributed by atoms with Crippen molar-refractivity contribution >= 4 is 17.4 Å². The maximum absolute atomic E-state index is 6.03. The fourth-order valence-electron chi connectivity index (χ4n) is 2.15. The second-order valence-electron chi connectivity index (χ2n) is 4.30. The Bertz CT molecular complexity index is 330. The lowest BCUT2D eigenvalue weighted by molar-refractivity contribution is 0.774. The second kappa shape index (κ2) is 5.60. The van der Waals surface area contributed by atoms with Crippen LogP contribution >= 0.6 is 11.8 Å². The summed E-state index contributed by atoms with van der Waals surface area (Å²) < 4.78 is 0. The van der Waals surface area contributed by atoms with Crippen LogP contribution in [0.25, 0.3) is 0 Å². The fourth-order valence-corrected chi connectivity index (χ4v) is 3.03. The van der Waals surface area contributed by atoms with E-state index in [1.165, 1.54) is 29.2 Å². The van der Waals surface area contributed by atoms with Gasteiger partial charge in [0.1, 0.15) is 0 Å². The van der Waals surface area contributed by atoms with Gasteiger partial charge in [0.2, 0.25) is 0 Å². The van der Waals surface area contributed by atoms with Gasteiger partial charge < -0.3 is 10.6 Å². The van der Waals surface area contributed by atoms with Crippen molar-refractivity contribution < 1.29 is 0 Å². The summed E-state index contributed by atoms with van der Waals surface area (Å²) in [7, 11) is 0. The van der Waals surface area contributed by atoms with E-state index in [-0.39, 0.29) is 6.04 Å². The number of nitrogens with two attached hydrogens (primary N) is 1. The van der Waals surface area contributed by atoms with E-state index < -0.39 is 0 Å². The number of benzene rings is 1. The molecule has 0 bridgehead atoms. The molecule has 2 nitrogen and oxygen atoms in total. The zero-order valence-corrected chi connectivity index (χ0v) is 10.7. The monoisotopic (exact) mass is 236 g/mol. The van der Waals surface area contributed by atoms with Gasteiger partial charge in [0, 0.05) is 30.6 Å². The third kappa shape index (κ3) is 2.71. The average molecular weight is 236 g/mol. The number of hydrogen-bond donors (Lipinski definition) is 1. The molecule has 1 saturated heterocycles. The first kappa shape index (κ1) is 11.8. The normalized spacial score (nSPS) is 19.2. The molecule has 1 heterocycles. The maximum atomic E-state index is 6.03. The molecule has 1 aliphatic heterocycles. The zero-order valence-electron chi connectivity index (χ0n) is 9.86. The molecule has 0 unspecified atom stereocenters. The molecule has 1 atom stereocenters. The first-order chi connectivity index (χ1) is 7.79. The average Bonchev–Trinajstić information content (AvgIpc) is 2.57. The number of hydrogen-bond acceptors (Lipinski definition) is 3. The van der Waals surface area contributed by atoms with Crippen LogP contribution in [0.5, 0.6) is 0 Å². The van der Waals surface area contributed by atoms with Crippen molar-refractivity contribution in [1.29, 1.82) is 0 Å². The van der Waals surface area contributed by atoms with Crippen molar-refractivity contribution in [2.24, 2.45) is 5.73 Å². The molecule has 16 heavy (non-hydrogen) atoms. The smallest absolute Gasteiger partial charge is 0.0414 e. The molecule has 0 spiro atoms. The topological polar surface area (TPSA) is 29.3 Å². The lowest BCUT2D eigenvalue weighted by Gasteiger charge is -2.26. The van der Waals surface area contributed by atoms with E-state index in [9.17, 15) is 0 Å². The largest absolute Gasteiger partial charge is 0.370 e. The highest BCUT2D eigenvalue weighted by Crippen LogP contribution is 2.26. The number of anilines is 1. The van der Waals surface area contributed by atoms with Gasteiger partial charge in [0.05, 0.1) is 0 Å². The first-order valence-electron chi connectivity index (χ1n) is 5.96. The SMILES string of the molecule is C[C@H](N)c1ccccc1N1CCCSCC1. The second-order valence-corrected chi connectivity index (χ2v) is 5.53. The summed E-state index contributed by atoms with van der Waals surface area (Å²) in [6, 6.07) is 8.66. The van der Waals surface area contributed by atoms with Crippen molar-refractivity contribution in [3.63, 3.8) is 0 Å². The number of thioether (sulfide) groups is 1. The summed E-state index contributed by atoms with van der Waals surface area (Å²) in [5.74, 6) is 2.52. The number of rotatable bonds is 2. The van der Waals surface area contributed by atoms with E-state index in [0.717, 1.165) is 13.1 Å². The Labute approximate surface area is 102 Å². The Kier molecular flexibility index (Phi) is 4.13. The predicted octanol–water partition coefficient (Wildman–Crippen LogP) is 2.65. The van der Waals surface area contributed by atoms with Crippen LogP contribution in [0, 0.1) is 0 Å². The van der Waals surface area contributed by atoms with Gasteiger partial charge in [-0.25, -0.2) is 0 Å². The Balaban J connectivity index is 2.23. The van der Waals surface area contributed by atoms with E-state index in [4.69, 9.17) is 5.73 Å². The Morgan fingerprint density at radius 2 is 2.06 bits per heavy atom. The van der Waals surface area contributed by atoms with E-state index >= 15 is 0 Å². The lowest BCUT2D eigenvalue weighted by Crippen LogP contribution is -2.27. The van der Waals surface area contributed by atoms with Crippen molar-refractivity contribution in [2.45, 2.75) is 19.4 Å². The van der Waals surface area contributed by atoms with E-state index in [2.05, 4.69) is 47.9 Å². The van der Waals surface area contributed by atoms with Crippen molar-refractivity contribution in [3.8, 4) is 0 Å². The van der Waals surface area contributed by atoms with Crippen molar-refractivity contribution in [1.82, 2.24) is 0 Å². The van der Waals surface area contributed by atoms with Crippen LogP contribution in [-0.4, -0.2) is 24.6 Å². The summed E-state index contributed by atoms with van der Waals surface area (Å²) in [5, 5.41) is 0. The Morgan fingerprint density at radius 3 is 2.88 bits per heavy atom. The highest BCUT2D eigenvalue weighted by Gasteiger charge is 2.14. The van der Waals surface area contributed by atoms with E-state index in [1.54, 1.807) is 0 Å². The minimum Gasteiger partial charge on any atom is -0.370 e. The summed E-state index contributed by atoms with van der Waals surface area (Å²) in [6.07, 6.45) is 1.28. The maximum Gasteiger partial charge on any atom is 0.0414 e. The van der Waals surface area contributed by atoms with Gasteiger partial charge >= 0.3 is 0 Å². The van der Waals surface area contributed by atoms with Crippen molar-refractivity contribution in [3.05, 3.63) is 29.8 Å². The molecule has 3 heteroatoms. The minimum absolute atomic E-state index is 0.118. The molecule has 0 aromatic heterocycles. The molecule has 1 aliphatic rings. The Hall–Kier alpha value is -0.670. The summed E-state index contributed by atoms with van der Waals surface area (Å²) in [5.41, 5.74) is 8.63. The Morgan fingerprint density at radius 1 is 1.25 bits per heavy atom. The van der Waals surface area contributed by atoms with E-state index in [0.29, 0.717) is 0 Å². The molecule has 0 amide bonds. The van der Waals surface area contributed by atoms with Gasteiger partial charge in [-0.15, -0.1) is 0 Å². The van der Waals surface area contributed by atoms with E-state index in [1.807, 2.05) is 0 Å². The van der Waals surface area contributed by atoms with Crippen molar-refractivity contribution in [2.75, 3.05) is 29.5 Å². The quantitative estimate of drug-likeness (QED) is 0.856. The number of nitrogens with zero attached hydrogens (tertiary/aromatic N) is 1. The molecule has 1 aromatic rings. The highest BCUT2D eigenvalue weighted by molar-refractivity contribution is 7.99. The summed E-state index contributed by atoms with van der Waals surface area (Å²) in [4.78, 5) is 2.48. The van der Waals surface area contributed by atoms with Gasteiger partial charge in [-0.2, -0.15) is 11.8 Å². The minimum atomic E-state index is 0.118. The molecular weight excluding hydrogens is 216 g/mol. The standard InChI is InChI=1S/C13H20N2S/c1-11(14)12-5-2-3-6-13(12)15-7-4-9-16-10-8-15/h2-3,5-6,11H,4,7-10,14H2,1H3/t11-/m0/s1. The molecule has 0 radical (unpaired) electrons. The highest BCUT2D eigenvalue weighted by atomic mass is 32.2. The molecule has 0 saturated carbocycles. The molecule has 1 fully saturated rings. The van der Waals surface area contributed by atoms with Gasteiger partial charge in [0.15, 0.2) is 0 Å². The van der Waals surface area contributed by atoms with Crippen LogP contribution in [-0.2, 0) is 0 Å². The van der Waals surface area contributed by atoms with Crippen LogP contribution in [0.3, 0.4) is 0 Å². The summed E-state index contributed by atoms with van der Waals surface area (Å²) in [6.45, 7) is 4.37. The van der Waals surface area contributed by atoms with Crippen LogP contribution in [0.2, 0.25) is 0 Å². The third-order valence-electron chi connectivity index (χ3n) is 2.99. The molecule has 1 aromatic carbocycles. The van der Waals surface area contributed by atoms with Gasteiger partial charge in [-0.3, -0.25) is 0 Å². The predicted molar refractivity (Wildman–Crippen MR) is 73.2 cm³/mol. The van der Waals surface area contributed by atoms with Crippen LogP contribution < -0.4 is 10.6 Å². The van der Waals surface area contributed by atoms with Crippen LogP contribution in [0.15, 0.2) is 24.3 Å². The number of para-hydroxylation sites is 1. The van der Waals surface area contributed by atoms with Crippen LogP contribution in [0.1, 0.15) is 24.9 Å². The summed E-state index contributed by atoms with van der Waals surface area (Å²) >= 11 is 2.06. The molecule has 2 rings (SSSR count).